The molecule has 128 valence electrons. The minimum Gasteiger partial charge on any atom is -0.543 e. The summed E-state index contributed by atoms with van der Waals surface area (Å²) in [6, 6.07) is 7.07. The zero-order valence-corrected chi connectivity index (χ0v) is 15.4. The summed E-state index contributed by atoms with van der Waals surface area (Å²) in [4.78, 5) is 25.0. The zero-order valence-electron chi connectivity index (χ0n) is 13.2. The normalized spacial score (nSPS) is 26.9. The van der Waals surface area contributed by atoms with Crippen LogP contribution >= 0.6 is 22.6 Å². The van der Waals surface area contributed by atoms with Crippen LogP contribution < -0.4 is 9.84 Å². The van der Waals surface area contributed by atoms with E-state index in [4.69, 9.17) is 4.74 Å². The summed E-state index contributed by atoms with van der Waals surface area (Å²) in [5.74, 6) is -1.89. The van der Waals surface area contributed by atoms with Crippen molar-refractivity contribution < 1.29 is 24.5 Å². The van der Waals surface area contributed by atoms with Crippen molar-refractivity contribution in [3.63, 3.8) is 0 Å². The molecule has 0 spiro atoms. The average Bonchev–Trinajstić information content (AvgIpc) is 2.75. The van der Waals surface area contributed by atoms with Gasteiger partial charge in [-0.15, -0.1) is 0 Å². The second-order valence-electron chi connectivity index (χ2n) is 6.13. The lowest BCUT2D eigenvalue weighted by Gasteiger charge is -2.47. The van der Waals surface area contributed by atoms with Crippen molar-refractivity contribution in [2.75, 3.05) is 6.61 Å². The molecule has 24 heavy (non-hydrogen) atoms. The van der Waals surface area contributed by atoms with Crippen molar-refractivity contribution in [3.8, 4) is 5.75 Å². The van der Waals surface area contributed by atoms with Gasteiger partial charge in [0.15, 0.2) is 0 Å². The van der Waals surface area contributed by atoms with Gasteiger partial charge in [-0.3, -0.25) is 4.79 Å². The molecular weight excluding hydrogens is 425 g/mol. The van der Waals surface area contributed by atoms with Crippen LogP contribution in [0.25, 0.3) is 0 Å². The minimum absolute atomic E-state index is 0.0668. The van der Waals surface area contributed by atoms with E-state index in [0.29, 0.717) is 11.3 Å². The molecule has 3 rings (SSSR count). The third kappa shape index (κ3) is 2.59. The molecule has 7 heteroatoms. The van der Waals surface area contributed by atoms with E-state index in [1.54, 1.807) is 13.0 Å². The highest BCUT2D eigenvalue weighted by Crippen LogP contribution is 2.46. The number of fused-ring (bicyclic) bond motifs is 1. The Morgan fingerprint density at radius 1 is 1.46 bits per heavy atom. The first-order valence-corrected chi connectivity index (χ1v) is 8.75. The molecule has 4 atom stereocenters. The Morgan fingerprint density at radius 3 is 2.71 bits per heavy atom. The molecule has 6 nitrogen and oxygen atoms in total. The highest BCUT2D eigenvalue weighted by atomic mass is 127. The third-order valence-corrected chi connectivity index (χ3v) is 5.62. The fraction of sp³-hybridized carbons (Fsp3) is 0.412. The van der Waals surface area contributed by atoms with Crippen molar-refractivity contribution in [1.29, 1.82) is 0 Å². The first-order chi connectivity index (χ1) is 11.3. The second kappa shape index (κ2) is 6.36. The van der Waals surface area contributed by atoms with Crippen molar-refractivity contribution in [3.05, 3.63) is 39.1 Å². The van der Waals surface area contributed by atoms with Gasteiger partial charge < -0.3 is 24.6 Å². The third-order valence-electron chi connectivity index (χ3n) is 4.73. The number of rotatable bonds is 5. The summed E-state index contributed by atoms with van der Waals surface area (Å²) in [6.07, 6.45) is -0.820. The van der Waals surface area contributed by atoms with Crippen molar-refractivity contribution >= 4 is 34.5 Å². The van der Waals surface area contributed by atoms with Crippen molar-refractivity contribution in [2.45, 2.75) is 26.0 Å². The van der Waals surface area contributed by atoms with Crippen LogP contribution in [-0.2, 0) is 9.59 Å². The number of ether oxygens (including phenoxy) is 1. The Hall–Kier alpha value is -1.61. The summed E-state index contributed by atoms with van der Waals surface area (Å²) in [7, 11) is 0. The number of aliphatic hydroxyl groups is 1. The van der Waals surface area contributed by atoms with E-state index < -0.39 is 18.0 Å². The molecule has 0 saturated carbocycles. The molecule has 2 heterocycles. The molecule has 1 saturated heterocycles. The van der Waals surface area contributed by atoms with Crippen LogP contribution in [0.1, 0.15) is 13.8 Å². The predicted molar refractivity (Wildman–Crippen MR) is 91.7 cm³/mol. The summed E-state index contributed by atoms with van der Waals surface area (Å²) in [5, 5.41) is 21.4. The molecular formula is C17H17INO5-. The molecule has 1 amide bonds. The topological polar surface area (TPSA) is 89.9 Å². The minimum atomic E-state index is -1.39. The molecule has 0 radical (unpaired) electrons. The lowest BCUT2D eigenvalue weighted by molar-refractivity contribution is -0.301. The number of hydrogen-bond acceptors (Lipinski definition) is 5. The van der Waals surface area contributed by atoms with Crippen LogP contribution in [0.2, 0.25) is 0 Å². The first kappa shape index (κ1) is 17.2. The van der Waals surface area contributed by atoms with Crippen LogP contribution in [-0.4, -0.2) is 40.6 Å². The van der Waals surface area contributed by atoms with E-state index in [2.05, 4.69) is 22.6 Å². The number of carboxylic acid groups (broad SMARTS) is 1. The summed E-state index contributed by atoms with van der Waals surface area (Å²) in [5.41, 5.74) is 0.413. The van der Waals surface area contributed by atoms with E-state index >= 15 is 0 Å². The van der Waals surface area contributed by atoms with Crippen LogP contribution in [0.3, 0.4) is 0 Å². The number of carbonyl (C=O) groups excluding carboxylic acids is 2. The largest absolute Gasteiger partial charge is 0.543 e. The lowest BCUT2D eigenvalue weighted by atomic mass is 9.78. The van der Waals surface area contributed by atoms with Gasteiger partial charge in [-0.05, 0) is 47.2 Å². The standard InChI is InChI=1S/C17H18INO5/c1-8-10(7-24-12-6-4-3-5-11(12)18)15(17(22)23)19-14(8)13(9(2)20)16(19)21/h3-6,8-9,13-14,20H,7H2,1-2H3,(H,22,23)/p-1/t8-,9?,13?,14?/m0/s1. The second-order valence-corrected chi connectivity index (χ2v) is 7.30. The molecule has 2 aliphatic rings. The maximum absolute atomic E-state index is 12.2. The number of para-hydroxylation sites is 1. The van der Waals surface area contributed by atoms with Gasteiger partial charge in [-0.1, -0.05) is 19.1 Å². The molecule has 3 unspecified atom stereocenters. The maximum atomic E-state index is 12.2. The zero-order chi connectivity index (χ0) is 17.6. The Morgan fingerprint density at radius 2 is 2.12 bits per heavy atom. The number of carboxylic acids is 1. The first-order valence-electron chi connectivity index (χ1n) is 7.67. The molecule has 0 aliphatic carbocycles. The van der Waals surface area contributed by atoms with Crippen LogP contribution in [0, 0.1) is 15.4 Å². The Kier molecular flexibility index (Phi) is 4.56. The molecule has 0 bridgehead atoms. The van der Waals surface area contributed by atoms with E-state index in [1.807, 2.05) is 25.1 Å². The SMILES string of the molecule is CC(O)C1C(=O)N2C(C(=O)[O-])=C(COc3ccccc3I)[C@H](C)C12. The summed E-state index contributed by atoms with van der Waals surface area (Å²) in [6.45, 7) is 3.47. The fourth-order valence-corrected chi connectivity index (χ4v) is 4.08. The van der Waals surface area contributed by atoms with Gasteiger partial charge in [0.1, 0.15) is 12.4 Å². The lowest BCUT2D eigenvalue weighted by Crippen LogP contribution is -2.64. The van der Waals surface area contributed by atoms with Gasteiger partial charge in [0.05, 0.1) is 33.3 Å². The Balaban J connectivity index is 1.87. The molecule has 0 aromatic heterocycles. The number of aliphatic hydroxyl groups excluding tert-OH is 1. The molecule has 1 aromatic carbocycles. The molecule has 1 N–H and O–H groups in total. The van der Waals surface area contributed by atoms with Gasteiger partial charge in [0.25, 0.3) is 0 Å². The molecule has 1 aromatic rings. The number of benzene rings is 1. The van der Waals surface area contributed by atoms with E-state index in [9.17, 15) is 19.8 Å². The number of β-lactam (4-membered cyclic amide) rings is 1. The number of halogens is 1. The number of nitrogens with zero attached hydrogens (tertiary/aromatic N) is 1. The summed E-state index contributed by atoms with van der Waals surface area (Å²) < 4.78 is 6.68. The monoisotopic (exact) mass is 442 g/mol. The van der Waals surface area contributed by atoms with Gasteiger partial charge in [-0.25, -0.2) is 0 Å². The van der Waals surface area contributed by atoms with Crippen molar-refractivity contribution in [2.24, 2.45) is 11.8 Å². The molecule has 1 fully saturated rings. The van der Waals surface area contributed by atoms with E-state index in [1.165, 1.54) is 4.90 Å². The number of amides is 1. The van der Waals surface area contributed by atoms with Crippen LogP contribution in [0.15, 0.2) is 35.5 Å². The highest BCUT2D eigenvalue weighted by Gasteiger charge is 2.58. The highest BCUT2D eigenvalue weighted by molar-refractivity contribution is 14.1. The van der Waals surface area contributed by atoms with Gasteiger partial charge in [0, 0.05) is 5.92 Å². The maximum Gasteiger partial charge on any atom is 0.235 e. The van der Waals surface area contributed by atoms with Gasteiger partial charge in [-0.2, -0.15) is 0 Å². The van der Waals surface area contributed by atoms with Gasteiger partial charge >= 0.3 is 0 Å². The quantitative estimate of drug-likeness (QED) is 0.531. The average molecular weight is 442 g/mol. The Bertz CT molecular complexity index is 729. The van der Waals surface area contributed by atoms with Gasteiger partial charge in [0.2, 0.25) is 5.91 Å². The van der Waals surface area contributed by atoms with Crippen LogP contribution in [0.4, 0.5) is 0 Å². The number of carbonyl (C=O) groups is 2. The van der Waals surface area contributed by atoms with Crippen molar-refractivity contribution in [1.82, 2.24) is 4.90 Å². The predicted octanol–water partition coefficient (Wildman–Crippen LogP) is 0.532. The van der Waals surface area contributed by atoms with E-state index in [0.717, 1.165) is 3.57 Å². The fourth-order valence-electron chi connectivity index (χ4n) is 3.54. The van der Waals surface area contributed by atoms with E-state index in [-0.39, 0.29) is 30.2 Å². The number of hydrogen-bond donors (Lipinski definition) is 1. The smallest absolute Gasteiger partial charge is 0.235 e. The molecule has 2 aliphatic heterocycles. The summed E-state index contributed by atoms with van der Waals surface area (Å²) >= 11 is 2.14. The van der Waals surface area contributed by atoms with Crippen LogP contribution in [0.5, 0.6) is 5.75 Å². The number of aliphatic carboxylic acids is 1. The Labute approximate surface area is 153 Å².